The molecule has 0 amide bonds. The molecule has 0 aromatic heterocycles. The van der Waals surface area contributed by atoms with Crippen molar-refractivity contribution in [2.24, 2.45) is 23.7 Å². The number of rotatable bonds is 3. The molecule has 4 heteroatoms. The summed E-state index contributed by atoms with van der Waals surface area (Å²) in [5.74, 6) is 0.753. The average molecular weight is 265 g/mol. The first-order valence-corrected chi connectivity index (χ1v) is 7.05. The van der Waals surface area contributed by atoms with Gasteiger partial charge in [-0.15, -0.1) is 0 Å². The van der Waals surface area contributed by atoms with E-state index in [2.05, 4.69) is 5.32 Å². The van der Waals surface area contributed by atoms with E-state index >= 15 is 0 Å². The maximum atomic E-state index is 13.2. The van der Waals surface area contributed by atoms with E-state index in [4.69, 9.17) is 5.11 Å². The van der Waals surface area contributed by atoms with Gasteiger partial charge in [-0.3, -0.25) is 0 Å². The molecule has 0 saturated heterocycles. The Morgan fingerprint density at radius 3 is 2.26 bits per heavy atom. The van der Waals surface area contributed by atoms with E-state index in [-0.39, 0.29) is 0 Å². The molecule has 1 aromatic carbocycles. The minimum Gasteiger partial charge on any atom is -0.503 e. The third-order valence-electron chi connectivity index (χ3n) is 5.35. The van der Waals surface area contributed by atoms with Gasteiger partial charge in [0.2, 0.25) is 0 Å². The van der Waals surface area contributed by atoms with Crippen molar-refractivity contribution < 1.29 is 13.9 Å². The second kappa shape index (κ2) is 3.92. The maximum Gasteiger partial charge on any atom is 0.187 e. The molecular weight excluding hydrogens is 248 g/mol. The summed E-state index contributed by atoms with van der Waals surface area (Å²) >= 11 is 0. The summed E-state index contributed by atoms with van der Waals surface area (Å²) in [7, 11) is 0. The second-order valence-electron chi connectivity index (χ2n) is 6.30. The van der Waals surface area contributed by atoms with Crippen molar-refractivity contribution >= 4 is 0 Å². The zero-order valence-electron chi connectivity index (χ0n) is 10.6. The molecule has 2 nitrogen and oxygen atoms in total. The molecule has 1 aromatic rings. The fourth-order valence-corrected chi connectivity index (χ4v) is 4.55. The fraction of sp³-hybridized carbons (Fsp3) is 0.600. The van der Waals surface area contributed by atoms with E-state index in [0.29, 0.717) is 18.2 Å². The van der Waals surface area contributed by atoms with Gasteiger partial charge in [-0.05, 0) is 60.6 Å². The minimum absolute atomic E-state index is 0.477. The molecule has 4 rings (SSSR count). The number of benzene rings is 1. The van der Waals surface area contributed by atoms with Gasteiger partial charge in [0.05, 0.1) is 0 Å². The molecule has 0 aliphatic heterocycles. The van der Waals surface area contributed by atoms with Crippen LogP contribution in [0.2, 0.25) is 0 Å². The van der Waals surface area contributed by atoms with E-state index in [0.717, 1.165) is 23.7 Å². The highest BCUT2D eigenvalue weighted by molar-refractivity contribution is 5.30. The van der Waals surface area contributed by atoms with Crippen LogP contribution in [0, 0.1) is 35.3 Å². The Bertz CT molecular complexity index is 494. The molecule has 19 heavy (non-hydrogen) atoms. The first-order chi connectivity index (χ1) is 9.15. The molecular formula is C15H17F2NO. The minimum atomic E-state index is -0.884. The summed E-state index contributed by atoms with van der Waals surface area (Å²) < 4.78 is 26.5. The third-order valence-corrected chi connectivity index (χ3v) is 5.35. The van der Waals surface area contributed by atoms with Crippen molar-refractivity contribution in [2.75, 3.05) is 0 Å². The predicted octanol–water partition coefficient (Wildman–Crippen LogP) is 2.80. The summed E-state index contributed by atoms with van der Waals surface area (Å²) in [6, 6.07) is 2.96. The summed E-state index contributed by atoms with van der Waals surface area (Å²) in [6.07, 6.45) is 4.13. The smallest absolute Gasteiger partial charge is 0.187 e. The van der Waals surface area contributed by atoms with Gasteiger partial charge < -0.3 is 10.4 Å². The summed E-state index contributed by atoms with van der Waals surface area (Å²) in [4.78, 5) is 0. The number of hydrogen-bond acceptors (Lipinski definition) is 2. The van der Waals surface area contributed by atoms with E-state index in [1.165, 1.54) is 31.4 Å². The number of hydrogen-bond donors (Lipinski definition) is 2. The Morgan fingerprint density at radius 1 is 1.11 bits per heavy atom. The summed E-state index contributed by atoms with van der Waals surface area (Å²) in [5.41, 5.74) is 0.560. The Kier molecular flexibility index (Phi) is 2.40. The van der Waals surface area contributed by atoms with Gasteiger partial charge in [0.25, 0.3) is 0 Å². The Labute approximate surface area is 110 Å². The molecule has 4 unspecified atom stereocenters. The molecule has 4 atom stereocenters. The normalized spacial score (nSPS) is 38.5. The van der Waals surface area contributed by atoms with Crippen molar-refractivity contribution in [1.82, 2.24) is 5.32 Å². The quantitative estimate of drug-likeness (QED) is 0.880. The number of halogens is 2. The van der Waals surface area contributed by atoms with Crippen molar-refractivity contribution in [3.8, 4) is 5.75 Å². The highest BCUT2D eigenvalue weighted by atomic mass is 19.1. The lowest BCUT2D eigenvalue weighted by molar-refractivity contribution is 0.394. The number of phenolic OH excluding ortho intramolecular Hbond substituents is 1. The van der Waals surface area contributed by atoms with Crippen molar-refractivity contribution in [3.63, 3.8) is 0 Å². The van der Waals surface area contributed by atoms with Gasteiger partial charge >= 0.3 is 0 Å². The van der Waals surface area contributed by atoms with Crippen LogP contribution in [0.1, 0.15) is 24.8 Å². The van der Waals surface area contributed by atoms with Crippen LogP contribution in [0.15, 0.2) is 12.1 Å². The average Bonchev–Trinajstić information content (AvgIpc) is 2.78. The van der Waals surface area contributed by atoms with Gasteiger partial charge in [0, 0.05) is 12.6 Å². The van der Waals surface area contributed by atoms with E-state index in [1.807, 2.05) is 0 Å². The summed E-state index contributed by atoms with van der Waals surface area (Å²) in [5, 5.41) is 12.5. The molecule has 102 valence electrons. The Morgan fingerprint density at radius 2 is 1.68 bits per heavy atom. The second-order valence-corrected chi connectivity index (χ2v) is 6.30. The predicted molar refractivity (Wildman–Crippen MR) is 66.5 cm³/mol. The summed E-state index contributed by atoms with van der Waals surface area (Å²) in [6.45, 7) is 0.477. The molecule has 3 saturated carbocycles. The first kappa shape index (κ1) is 11.6. The van der Waals surface area contributed by atoms with Gasteiger partial charge in [-0.1, -0.05) is 0 Å². The number of phenols is 1. The molecule has 3 aliphatic rings. The molecule has 0 spiro atoms. The molecule has 2 N–H and O–H groups in total. The molecule has 3 aliphatic carbocycles. The largest absolute Gasteiger partial charge is 0.503 e. The maximum absolute atomic E-state index is 13.2. The third kappa shape index (κ3) is 1.69. The lowest BCUT2D eigenvalue weighted by Gasteiger charge is -2.11. The topological polar surface area (TPSA) is 32.3 Å². The molecule has 0 radical (unpaired) electrons. The van der Waals surface area contributed by atoms with E-state index < -0.39 is 17.4 Å². The van der Waals surface area contributed by atoms with Crippen LogP contribution in [0.5, 0.6) is 5.75 Å². The van der Waals surface area contributed by atoms with Crippen LogP contribution in [0.4, 0.5) is 8.78 Å². The van der Waals surface area contributed by atoms with Gasteiger partial charge in [0.15, 0.2) is 17.4 Å². The first-order valence-electron chi connectivity index (χ1n) is 7.05. The van der Waals surface area contributed by atoms with Crippen LogP contribution in [0.25, 0.3) is 0 Å². The van der Waals surface area contributed by atoms with Gasteiger partial charge in [-0.2, -0.15) is 0 Å². The van der Waals surface area contributed by atoms with Crippen LogP contribution >= 0.6 is 0 Å². The highest BCUT2D eigenvalue weighted by Crippen LogP contribution is 2.65. The Hall–Kier alpha value is -1.16. The SMILES string of the molecule is Oc1c(F)cc(CNC2C3C4CCC(C4)C23)cc1F. The van der Waals surface area contributed by atoms with Crippen LogP contribution in [-0.2, 0) is 6.54 Å². The standard InChI is InChI=1S/C15H17F2NO/c16-10-3-7(4-11(17)15(10)19)6-18-14-12-8-1-2-9(5-8)13(12)14/h3-4,8-9,12-14,18-19H,1-2,5-6H2. The zero-order chi connectivity index (χ0) is 13.1. The van der Waals surface area contributed by atoms with Crippen LogP contribution in [-0.4, -0.2) is 11.1 Å². The van der Waals surface area contributed by atoms with Crippen molar-refractivity contribution in [2.45, 2.75) is 31.8 Å². The monoisotopic (exact) mass is 265 g/mol. The lowest BCUT2D eigenvalue weighted by Crippen LogP contribution is -2.22. The molecule has 2 bridgehead atoms. The van der Waals surface area contributed by atoms with Crippen LogP contribution < -0.4 is 5.32 Å². The number of aromatic hydroxyl groups is 1. The van der Waals surface area contributed by atoms with E-state index in [1.54, 1.807) is 0 Å². The van der Waals surface area contributed by atoms with E-state index in [9.17, 15) is 8.78 Å². The molecule has 3 fully saturated rings. The lowest BCUT2D eigenvalue weighted by atomic mass is 10.0. The highest BCUT2D eigenvalue weighted by Gasteiger charge is 2.64. The number of nitrogens with one attached hydrogen (secondary N) is 1. The fourth-order valence-electron chi connectivity index (χ4n) is 4.55. The zero-order valence-corrected chi connectivity index (χ0v) is 10.6. The molecule has 0 heterocycles. The Balaban J connectivity index is 1.41. The van der Waals surface area contributed by atoms with Crippen molar-refractivity contribution in [1.29, 1.82) is 0 Å². The van der Waals surface area contributed by atoms with Gasteiger partial charge in [-0.25, -0.2) is 8.78 Å². The van der Waals surface area contributed by atoms with Gasteiger partial charge in [0.1, 0.15) is 0 Å². The van der Waals surface area contributed by atoms with Crippen molar-refractivity contribution in [3.05, 3.63) is 29.3 Å². The number of fused-ring (bicyclic) bond motifs is 5. The van der Waals surface area contributed by atoms with Crippen LogP contribution in [0.3, 0.4) is 0 Å².